The summed E-state index contributed by atoms with van der Waals surface area (Å²) in [5.41, 5.74) is 0. The van der Waals surface area contributed by atoms with Crippen LogP contribution < -0.4 is 0 Å². The zero-order valence-corrected chi connectivity index (χ0v) is 18.1. The summed E-state index contributed by atoms with van der Waals surface area (Å²) in [7, 11) is -0.633. The first-order chi connectivity index (χ1) is 11.2. The van der Waals surface area contributed by atoms with Crippen LogP contribution in [0.2, 0.25) is 0 Å². The van der Waals surface area contributed by atoms with Crippen molar-refractivity contribution in [2.75, 3.05) is 24.6 Å². The predicted molar refractivity (Wildman–Crippen MR) is 114 cm³/mol. The molecule has 0 amide bonds. The third kappa shape index (κ3) is 13.4. The van der Waals surface area contributed by atoms with Gasteiger partial charge < -0.3 is 0 Å². The lowest BCUT2D eigenvalue weighted by Gasteiger charge is -2.28. The molecule has 0 aliphatic heterocycles. The SMILES string of the molecule is CCCCCC[P+](CCCC)(CCCCCC)CCCCCC. The van der Waals surface area contributed by atoms with Crippen LogP contribution in [0.25, 0.3) is 0 Å². The first-order valence-corrected chi connectivity index (χ1v) is 13.6. The van der Waals surface area contributed by atoms with Crippen molar-refractivity contribution in [3.63, 3.8) is 0 Å². The lowest BCUT2D eigenvalue weighted by Crippen LogP contribution is -2.13. The van der Waals surface area contributed by atoms with Gasteiger partial charge in [-0.05, 0) is 44.9 Å². The van der Waals surface area contributed by atoms with Crippen LogP contribution in [0.4, 0.5) is 0 Å². The van der Waals surface area contributed by atoms with Gasteiger partial charge in [0.2, 0.25) is 0 Å². The molecule has 0 aliphatic rings. The number of unbranched alkanes of at least 4 members (excludes halogenated alkanes) is 10. The Labute approximate surface area is 149 Å². The summed E-state index contributed by atoms with van der Waals surface area (Å²) in [5, 5.41) is 0. The third-order valence-electron chi connectivity index (χ3n) is 5.44. The molecular formula is C22H48P+. The van der Waals surface area contributed by atoms with Crippen molar-refractivity contribution < 1.29 is 0 Å². The standard InChI is InChI=1S/C22H48P/c1-5-9-13-16-20-23(19-12-8-4,21-17-14-10-6-2)22-18-15-11-7-3/h5-22H2,1-4H3/q+1. The fraction of sp³-hybridized carbons (Fsp3) is 1.00. The highest BCUT2D eigenvalue weighted by Gasteiger charge is 2.34. The van der Waals surface area contributed by atoms with Crippen molar-refractivity contribution in [1.29, 1.82) is 0 Å². The van der Waals surface area contributed by atoms with E-state index in [4.69, 9.17) is 0 Å². The first kappa shape index (κ1) is 23.4. The minimum Gasteiger partial charge on any atom is -0.0654 e. The highest BCUT2D eigenvalue weighted by atomic mass is 31.2. The fourth-order valence-corrected chi connectivity index (χ4v) is 8.80. The average Bonchev–Trinajstić information content (AvgIpc) is 2.57. The second kappa shape index (κ2) is 17.3. The molecule has 1 heteroatoms. The molecule has 0 saturated heterocycles. The molecule has 0 bridgehead atoms. The molecule has 0 unspecified atom stereocenters. The molecule has 0 radical (unpaired) electrons. The number of hydrogen-bond acceptors (Lipinski definition) is 0. The Morgan fingerprint density at radius 1 is 0.348 bits per heavy atom. The lowest BCUT2D eigenvalue weighted by atomic mass is 10.2. The van der Waals surface area contributed by atoms with E-state index < -0.39 is 7.26 Å². The zero-order valence-electron chi connectivity index (χ0n) is 17.2. The molecule has 0 fully saturated rings. The van der Waals surface area contributed by atoms with Gasteiger partial charge in [0.05, 0.1) is 24.6 Å². The van der Waals surface area contributed by atoms with Gasteiger partial charge in [-0.1, -0.05) is 72.6 Å². The molecular weight excluding hydrogens is 295 g/mol. The topological polar surface area (TPSA) is 0 Å². The molecule has 0 aromatic carbocycles. The Morgan fingerprint density at radius 2 is 0.652 bits per heavy atom. The van der Waals surface area contributed by atoms with Gasteiger partial charge >= 0.3 is 0 Å². The van der Waals surface area contributed by atoms with Gasteiger partial charge in [-0.2, -0.15) is 0 Å². The van der Waals surface area contributed by atoms with Crippen molar-refractivity contribution in [3.05, 3.63) is 0 Å². The lowest BCUT2D eigenvalue weighted by molar-refractivity contribution is 0.681. The molecule has 0 saturated carbocycles. The number of hydrogen-bond donors (Lipinski definition) is 0. The van der Waals surface area contributed by atoms with Crippen molar-refractivity contribution in [3.8, 4) is 0 Å². The van der Waals surface area contributed by atoms with E-state index in [1.807, 2.05) is 0 Å². The van der Waals surface area contributed by atoms with Crippen molar-refractivity contribution in [2.45, 2.75) is 118 Å². The van der Waals surface area contributed by atoms with E-state index in [0.29, 0.717) is 0 Å². The van der Waals surface area contributed by atoms with Gasteiger partial charge in [0.15, 0.2) is 0 Å². The second-order valence-electron chi connectivity index (χ2n) is 7.77. The Bertz CT molecular complexity index is 193. The molecule has 0 rings (SSSR count). The van der Waals surface area contributed by atoms with Crippen LogP contribution in [-0.4, -0.2) is 24.6 Å². The summed E-state index contributed by atoms with van der Waals surface area (Å²) in [6, 6.07) is 0. The van der Waals surface area contributed by atoms with E-state index in [1.165, 1.54) is 89.9 Å². The van der Waals surface area contributed by atoms with E-state index in [1.54, 1.807) is 24.6 Å². The number of rotatable bonds is 18. The smallest absolute Gasteiger partial charge is 0.0594 e. The van der Waals surface area contributed by atoms with Crippen molar-refractivity contribution >= 4 is 7.26 Å². The maximum atomic E-state index is 2.39. The maximum absolute atomic E-state index is 2.39. The van der Waals surface area contributed by atoms with Crippen LogP contribution in [0.15, 0.2) is 0 Å². The van der Waals surface area contributed by atoms with Gasteiger partial charge in [-0.15, -0.1) is 0 Å². The molecule has 0 nitrogen and oxygen atoms in total. The van der Waals surface area contributed by atoms with Crippen LogP contribution in [-0.2, 0) is 0 Å². The third-order valence-corrected chi connectivity index (χ3v) is 10.5. The van der Waals surface area contributed by atoms with E-state index >= 15 is 0 Å². The van der Waals surface area contributed by atoms with E-state index in [0.717, 1.165) is 0 Å². The zero-order chi connectivity index (χ0) is 17.2. The molecule has 0 aliphatic carbocycles. The monoisotopic (exact) mass is 343 g/mol. The second-order valence-corrected chi connectivity index (χ2v) is 12.2. The molecule has 23 heavy (non-hydrogen) atoms. The highest BCUT2D eigenvalue weighted by molar-refractivity contribution is 7.75. The normalized spacial score (nSPS) is 12.0. The quantitative estimate of drug-likeness (QED) is 0.173. The van der Waals surface area contributed by atoms with Crippen LogP contribution >= 0.6 is 7.26 Å². The average molecular weight is 344 g/mol. The van der Waals surface area contributed by atoms with E-state index in [9.17, 15) is 0 Å². The summed E-state index contributed by atoms with van der Waals surface area (Å²) in [4.78, 5) is 0. The Morgan fingerprint density at radius 3 is 0.957 bits per heavy atom. The summed E-state index contributed by atoms with van der Waals surface area (Å²) in [6.07, 6.45) is 27.0. The summed E-state index contributed by atoms with van der Waals surface area (Å²) in [6.45, 7) is 9.42. The molecule has 0 aromatic heterocycles. The molecule has 0 atom stereocenters. The van der Waals surface area contributed by atoms with Gasteiger partial charge in [-0.3, -0.25) is 0 Å². The van der Waals surface area contributed by atoms with Crippen LogP contribution in [0.1, 0.15) is 118 Å². The molecule has 140 valence electrons. The van der Waals surface area contributed by atoms with Crippen molar-refractivity contribution in [1.82, 2.24) is 0 Å². The minimum atomic E-state index is -0.633. The fourth-order valence-electron chi connectivity index (χ4n) is 3.79. The molecule has 0 heterocycles. The van der Waals surface area contributed by atoms with Crippen LogP contribution in [0.3, 0.4) is 0 Å². The molecule has 0 spiro atoms. The molecule has 0 aromatic rings. The largest absolute Gasteiger partial charge is 0.0654 e. The Balaban J connectivity index is 4.51. The summed E-state index contributed by atoms with van der Waals surface area (Å²) < 4.78 is 0. The van der Waals surface area contributed by atoms with Gasteiger partial charge in [0, 0.05) is 7.26 Å². The summed E-state index contributed by atoms with van der Waals surface area (Å²) >= 11 is 0. The van der Waals surface area contributed by atoms with Crippen molar-refractivity contribution in [2.24, 2.45) is 0 Å². The van der Waals surface area contributed by atoms with Crippen LogP contribution in [0, 0.1) is 0 Å². The summed E-state index contributed by atoms with van der Waals surface area (Å²) in [5.74, 6) is 0. The van der Waals surface area contributed by atoms with Crippen LogP contribution in [0.5, 0.6) is 0 Å². The van der Waals surface area contributed by atoms with Gasteiger partial charge in [0.25, 0.3) is 0 Å². The Kier molecular flexibility index (Phi) is 17.6. The highest BCUT2D eigenvalue weighted by Crippen LogP contribution is 2.61. The van der Waals surface area contributed by atoms with Gasteiger partial charge in [-0.25, -0.2) is 0 Å². The molecule has 0 N–H and O–H groups in total. The van der Waals surface area contributed by atoms with Gasteiger partial charge in [0.1, 0.15) is 0 Å². The predicted octanol–water partition coefficient (Wildman–Crippen LogP) is 8.55. The van der Waals surface area contributed by atoms with E-state index in [2.05, 4.69) is 27.7 Å². The first-order valence-electron chi connectivity index (χ1n) is 11.1. The minimum absolute atomic E-state index is 0.633. The van der Waals surface area contributed by atoms with E-state index in [-0.39, 0.29) is 0 Å². The Hall–Kier alpha value is 0.430. The maximum Gasteiger partial charge on any atom is 0.0594 e.